The molecule has 2 aliphatic carbocycles. The highest BCUT2D eigenvalue weighted by atomic mass is 16.5. The minimum Gasteiger partial charge on any atom is -0.493 e. The number of hydrogen-bond donors (Lipinski definition) is 1. The quantitative estimate of drug-likeness (QED) is 0.696. The van der Waals surface area contributed by atoms with Crippen LogP contribution in [0.4, 0.5) is 0 Å². The van der Waals surface area contributed by atoms with Crippen molar-refractivity contribution in [1.82, 2.24) is 4.98 Å². The molecule has 5 rings (SSSR count). The van der Waals surface area contributed by atoms with Gasteiger partial charge >= 0.3 is 0 Å². The highest BCUT2D eigenvalue weighted by molar-refractivity contribution is 6.10. The minimum absolute atomic E-state index is 0.366. The first kappa shape index (κ1) is 15.9. The number of ether oxygens (including phenoxy) is 2. The van der Waals surface area contributed by atoms with Crippen LogP contribution in [-0.4, -0.2) is 24.3 Å². The fourth-order valence-electron chi connectivity index (χ4n) is 5.23. The van der Waals surface area contributed by atoms with Gasteiger partial charge in [-0.2, -0.15) is 0 Å². The molecule has 1 aromatic heterocycles. The molecule has 1 fully saturated rings. The Morgan fingerprint density at radius 3 is 2.58 bits per heavy atom. The first-order valence-electron chi connectivity index (χ1n) is 9.36. The van der Waals surface area contributed by atoms with Gasteiger partial charge in [-0.1, -0.05) is 12.5 Å². The molecular weight excluding hydrogens is 326 g/mol. The maximum absolute atomic E-state index is 11.2. The van der Waals surface area contributed by atoms with Crippen molar-refractivity contribution < 1.29 is 14.6 Å². The summed E-state index contributed by atoms with van der Waals surface area (Å²) in [5.74, 6) is 2.38. The van der Waals surface area contributed by atoms with E-state index >= 15 is 0 Å². The average molecular weight is 349 g/mol. The molecule has 1 saturated carbocycles. The van der Waals surface area contributed by atoms with Crippen molar-refractivity contribution in [3.63, 3.8) is 0 Å². The summed E-state index contributed by atoms with van der Waals surface area (Å²) >= 11 is 0. The van der Waals surface area contributed by atoms with Gasteiger partial charge in [-0.3, -0.25) is 4.98 Å². The Balaban J connectivity index is 1.91. The van der Waals surface area contributed by atoms with E-state index in [0.29, 0.717) is 11.8 Å². The largest absolute Gasteiger partial charge is 0.493 e. The standard InChI is InChI=1S/C22H23NO3/c1-25-18-10-15-14-7-4-8-23-21(14)20-17(16(15)11-19(18)26-2)9-12-5-3-6-13(12)22(20)24/h4,7-8,10-13,22,24H,3,5-6,9H2,1-2H3/t12?,13-,22-/m0/s1. The third kappa shape index (κ3) is 2.08. The maximum atomic E-state index is 11.2. The SMILES string of the molecule is COc1cc2c3c(c4ncccc4c2cc1OC)[C@@H](O)[C@H]1CCCC1C3. The molecule has 0 amide bonds. The molecule has 1 N–H and O–H groups in total. The number of rotatable bonds is 2. The van der Waals surface area contributed by atoms with Crippen LogP contribution in [0.15, 0.2) is 30.5 Å². The van der Waals surface area contributed by atoms with Crippen LogP contribution in [0.3, 0.4) is 0 Å². The van der Waals surface area contributed by atoms with Crippen molar-refractivity contribution >= 4 is 21.7 Å². The predicted octanol–water partition coefficient (Wildman–Crippen LogP) is 4.41. The summed E-state index contributed by atoms with van der Waals surface area (Å²) in [6.45, 7) is 0. The smallest absolute Gasteiger partial charge is 0.161 e. The summed E-state index contributed by atoms with van der Waals surface area (Å²) in [5, 5.41) is 14.6. The lowest BCUT2D eigenvalue weighted by molar-refractivity contribution is 0.0758. The number of methoxy groups -OCH3 is 2. The van der Waals surface area contributed by atoms with Gasteiger partial charge in [-0.15, -0.1) is 0 Å². The van der Waals surface area contributed by atoms with Crippen LogP contribution in [0.5, 0.6) is 11.5 Å². The van der Waals surface area contributed by atoms with Gasteiger partial charge < -0.3 is 14.6 Å². The third-order valence-corrected chi connectivity index (χ3v) is 6.41. The molecule has 26 heavy (non-hydrogen) atoms. The second kappa shape index (κ2) is 5.85. The zero-order valence-corrected chi connectivity index (χ0v) is 15.2. The molecule has 134 valence electrons. The van der Waals surface area contributed by atoms with E-state index in [0.717, 1.165) is 51.6 Å². The summed E-state index contributed by atoms with van der Waals surface area (Å²) < 4.78 is 11.1. The number of pyridine rings is 1. The van der Waals surface area contributed by atoms with Gasteiger partial charge in [-0.05, 0) is 65.6 Å². The van der Waals surface area contributed by atoms with Crippen LogP contribution in [0.2, 0.25) is 0 Å². The molecule has 2 aromatic carbocycles. The molecule has 3 atom stereocenters. The number of nitrogens with zero attached hydrogens (tertiary/aromatic N) is 1. The Labute approximate surface area is 152 Å². The van der Waals surface area contributed by atoms with Crippen LogP contribution in [0.25, 0.3) is 21.7 Å². The topological polar surface area (TPSA) is 51.6 Å². The van der Waals surface area contributed by atoms with Crippen molar-refractivity contribution in [3.8, 4) is 11.5 Å². The average Bonchev–Trinajstić information content (AvgIpc) is 3.16. The molecule has 2 aliphatic rings. The molecule has 0 aliphatic heterocycles. The molecule has 0 radical (unpaired) electrons. The molecule has 0 bridgehead atoms. The van der Waals surface area contributed by atoms with Gasteiger partial charge in [-0.25, -0.2) is 0 Å². The molecule has 0 saturated heterocycles. The van der Waals surface area contributed by atoms with Gasteiger partial charge in [0.2, 0.25) is 0 Å². The Bertz CT molecular complexity index is 1010. The van der Waals surface area contributed by atoms with E-state index < -0.39 is 6.10 Å². The molecule has 1 unspecified atom stereocenters. The van der Waals surface area contributed by atoms with Gasteiger partial charge in [0.1, 0.15) is 0 Å². The van der Waals surface area contributed by atoms with Crippen molar-refractivity contribution in [1.29, 1.82) is 0 Å². The summed E-state index contributed by atoms with van der Waals surface area (Å²) in [7, 11) is 3.33. The van der Waals surface area contributed by atoms with Crippen LogP contribution >= 0.6 is 0 Å². The highest BCUT2D eigenvalue weighted by Crippen LogP contribution is 2.51. The summed E-state index contributed by atoms with van der Waals surface area (Å²) in [6.07, 6.45) is 5.93. The van der Waals surface area contributed by atoms with Crippen molar-refractivity contribution in [2.24, 2.45) is 11.8 Å². The summed E-state index contributed by atoms with van der Waals surface area (Å²) in [6, 6.07) is 8.16. The van der Waals surface area contributed by atoms with Crippen LogP contribution < -0.4 is 9.47 Å². The first-order valence-corrected chi connectivity index (χ1v) is 9.36. The van der Waals surface area contributed by atoms with Gasteiger partial charge in [0.05, 0.1) is 25.8 Å². The molecule has 0 spiro atoms. The normalized spacial score (nSPS) is 24.5. The number of aliphatic hydroxyl groups is 1. The van der Waals surface area contributed by atoms with E-state index in [1.807, 2.05) is 18.3 Å². The minimum atomic E-state index is -0.429. The lowest BCUT2D eigenvalue weighted by atomic mass is 9.73. The Hall–Kier alpha value is -2.33. The van der Waals surface area contributed by atoms with Gasteiger partial charge in [0, 0.05) is 17.1 Å². The van der Waals surface area contributed by atoms with E-state index in [1.165, 1.54) is 18.4 Å². The second-order valence-electron chi connectivity index (χ2n) is 7.55. The Morgan fingerprint density at radius 1 is 1.04 bits per heavy atom. The molecule has 1 heterocycles. The van der Waals surface area contributed by atoms with E-state index in [4.69, 9.17) is 9.47 Å². The number of benzene rings is 2. The van der Waals surface area contributed by atoms with Crippen LogP contribution in [0.1, 0.15) is 36.5 Å². The molecular formula is C22H23NO3. The van der Waals surface area contributed by atoms with Gasteiger partial charge in [0.25, 0.3) is 0 Å². The third-order valence-electron chi connectivity index (χ3n) is 6.41. The van der Waals surface area contributed by atoms with E-state index in [-0.39, 0.29) is 0 Å². The van der Waals surface area contributed by atoms with Crippen LogP contribution in [-0.2, 0) is 6.42 Å². The second-order valence-corrected chi connectivity index (χ2v) is 7.55. The van der Waals surface area contributed by atoms with E-state index in [1.54, 1.807) is 14.2 Å². The number of aliphatic hydroxyl groups excluding tert-OH is 1. The zero-order chi connectivity index (χ0) is 17.8. The van der Waals surface area contributed by atoms with E-state index in [9.17, 15) is 5.11 Å². The van der Waals surface area contributed by atoms with Crippen molar-refractivity contribution in [3.05, 3.63) is 41.6 Å². The highest BCUT2D eigenvalue weighted by Gasteiger charge is 2.40. The number of aromatic nitrogens is 1. The van der Waals surface area contributed by atoms with Crippen LogP contribution in [0, 0.1) is 11.8 Å². The first-order chi connectivity index (χ1) is 12.7. The maximum Gasteiger partial charge on any atom is 0.161 e. The van der Waals surface area contributed by atoms with Gasteiger partial charge in [0.15, 0.2) is 11.5 Å². The lowest BCUT2D eigenvalue weighted by Gasteiger charge is -2.34. The summed E-state index contributed by atoms with van der Waals surface area (Å²) in [4.78, 5) is 4.68. The summed E-state index contributed by atoms with van der Waals surface area (Å²) in [5.41, 5.74) is 3.20. The molecule has 4 nitrogen and oxygen atoms in total. The fraction of sp³-hybridized carbons (Fsp3) is 0.409. The predicted molar refractivity (Wildman–Crippen MR) is 102 cm³/mol. The van der Waals surface area contributed by atoms with Crippen molar-refractivity contribution in [2.75, 3.05) is 14.2 Å². The lowest BCUT2D eigenvalue weighted by Crippen LogP contribution is -2.26. The zero-order valence-electron chi connectivity index (χ0n) is 15.2. The number of hydrogen-bond acceptors (Lipinski definition) is 4. The number of fused-ring (bicyclic) bond motifs is 7. The van der Waals surface area contributed by atoms with E-state index in [2.05, 4.69) is 17.1 Å². The Kier molecular flexibility index (Phi) is 3.57. The molecule has 3 aromatic rings. The Morgan fingerprint density at radius 2 is 1.81 bits per heavy atom. The fourth-order valence-corrected chi connectivity index (χ4v) is 5.23. The monoisotopic (exact) mass is 349 g/mol. The molecule has 4 heteroatoms. The van der Waals surface area contributed by atoms with Crippen molar-refractivity contribution in [2.45, 2.75) is 31.8 Å².